The number of hydrogen-bond acceptors (Lipinski definition) is 6. The van der Waals surface area contributed by atoms with E-state index in [4.69, 9.17) is 4.52 Å². The highest BCUT2D eigenvalue weighted by Crippen LogP contribution is 2.24. The quantitative estimate of drug-likeness (QED) is 0.561. The van der Waals surface area contributed by atoms with Gasteiger partial charge in [-0.2, -0.15) is 4.98 Å². The molecule has 2 saturated heterocycles. The van der Waals surface area contributed by atoms with Gasteiger partial charge >= 0.3 is 0 Å². The highest BCUT2D eigenvalue weighted by atomic mass is 16.5. The number of aryl methyl sites for hydroxylation is 1. The van der Waals surface area contributed by atoms with Gasteiger partial charge in [-0.25, -0.2) is 0 Å². The second kappa shape index (κ2) is 10.5. The SMILES string of the molecule is Cc1ccccc1-c1noc(CN2CCC(C(=O)N3CCN(Cc4ccccc4)CC3)CC2)n1. The first kappa shape index (κ1) is 22.7. The zero-order chi connectivity index (χ0) is 23.3. The van der Waals surface area contributed by atoms with Crippen molar-refractivity contribution < 1.29 is 9.32 Å². The molecule has 3 heterocycles. The third-order valence-electron chi connectivity index (χ3n) is 7.08. The van der Waals surface area contributed by atoms with E-state index in [0.29, 0.717) is 24.2 Å². The van der Waals surface area contributed by atoms with Crippen molar-refractivity contribution in [3.05, 3.63) is 71.6 Å². The van der Waals surface area contributed by atoms with Crippen molar-refractivity contribution in [1.82, 2.24) is 24.8 Å². The molecule has 7 heteroatoms. The van der Waals surface area contributed by atoms with Crippen molar-refractivity contribution >= 4 is 5.91 Å². The van der Waals surface area contributed by atoms with Gasteiger partial charge in [0.2, 0.25) is 17.6 Å². The molecule has 0 unspecified atom stereocenters. The first-order valence-electron chi connectivity index (χ1n) is 12.3. The van der Waals surface area contributed by atoms with Crippen molar-refractivity contribution in [1.29, 1.82) is 0 Å². The minimum Gasteiger partial charge on any atom is -0.340 e. The fraction of sp³-hybridized carbons (Fsp3) is 0.444. The van der Waals surface area contributed by atoms with Gasteiger partial charge in [-0.3, -0.25) is 14.6 Å². The molecule has 0 aliphatic carbocycles. The summed E-state index contributed by atoms with van der Waals surface area (Å²) in [6.07, 6.45) is 1.78. The number of carbonyl (C=O) groups is 1. The topological polar surface area (TPSA) is 65.7 Å². The molecule has 7 nitrogen and oxygen atoms in total. The first-order valence-corrected chi connectivity index (χ1v) is 12.3. The van der Waals surface area contributed by atoms with Gasteiger partial charge in [0.05, 0.1) is 6.54 Å². The number of benzene rings is 2. The maximum atomic E-state index is 13.1. The average Bonchev–Trinajstić information content (AvgIpc) is 3.34. The third kappa shape index (κ3) is 5.37. The molecular weight excluding hydrogens is 426 g/mol. The van der Waals surface area contributed by atoms with Crippen LogP contribution in [0.15, 0.2) is 59.1 Å². The van der Waals surface area contributed by atoms with Crippen LogP contribution in [0.3, 0.4) is 0 Å². The fourth-order valence-electron chi connectivity index (χ4n) is 5.01. The van der Waals surface area contributed by atoms with E-state index < -0.39 is 0 Å². The minimum atomic E-state index is 0.127. The molecule has 2 aliphatic rings. The summed E-state index contributed by atoms with van der Waals surface area (Å²) in [6, 6.07) is 18.6. The van der Waals surface area contributed by atoms with Crippen LogP contribution in [0.2, 0.25) is 0 Å². The summed E-state index contributed by atoms with van der Waals surface area (Å²) < 4.78 is 5.52. The summed E-state index contributed by atoms with van der Waals surface area (Å²) in [6.45, 7) is 8.96. The molecule has 0 N–H and O–H groups in total. The van der Waals surface area contributed by atoms with Crippen LogP contribution in [0.1, 0.15) is 29.9 Å². The maximum absolute atomic E-state index is 13.1. The standard InChI is InChI=1S/C27H33N5O2/c1-21-7-5-6-10-24(21)26-28-25(34-29-26)20-30-13-11-23(12-14-30)27(33)32-17-15-31(16-18-32)19-22-8-3-2-4-9-22/h2-10,23H,11-20H2,1H3. The Morgan fingerprint density at radius 1 is 0.882 bits per heavy atom. The first-order chi connectivity index (χ1) is 16.7. The smallest absolute Gasteiger partial charge is 0.241 e. The zero-order valence-electron chi connectivity index (χ0n) is 19.9. The molecule has 1 amide bonds. The van der Waals surface area contributed by atoms with Crippen LogP contribution in [0.4, 0.5) is 0 Å². The van der Waals surface area contributed by atoms with E-state index in [2.05, 4.69) is 68.2 Å². The van der Waals surface area contributed by atoms with Crippen molar-refractivity contribution in [3.8, 4) is 11.4 Å². The van der Waals surface area contributed by atoms with Gasteiger partial charge in [0.25, 0.3) is 0 Å². The normalized spacial score (nSPS) is 18.3. The Balaban J connectivity index is 1.07. The molecule has 34 heavy (non-hydrogen) atoms. The Labute approximate surface area is 201 Å². The Morgan fingerprint density at radius 2 is 1.56 bits per heavy atom. The molecule has 2 aliphatic heterocycles. The molecule has 0 saturated carbocycles. The molecule has 0 spiro atoms. The molecular formula is C27H33N5O2. The van der Waals surface area contributed by atoms with E-state index in [1.165, 1.54) is 5.56 Å². The second-order valence-corrected chi connectivity index (χ2v) is 9.46. The van der Waals surface area contributed by atoms with Crippen LogP contribution in [-0.2, 0) is 17.9 Å². The van der Waals surface area contributed by atoms with Crippen LogP contribution in [0, 0.1) is 12.8 Å². The average molecular weight is 460 g/mol. The molecule has 0 radical (unpaired) electrons. The summed E-state index contributed by atoms with van der Waals surface area (Å²) >= 11 is 0. The number of carbonyl (C=O) groups excluding carboxylic acids is 1. The van der Waals surface area contributed by atoms with Crippen LogP contribution in [-0.4, -0.2) is 70.0 Å². The summed E-state index contributed by atoms with van der Waals surface area (Å²) in [5, 5.41) is 4.17. The van der Waals surface area contributed by atoms with Gasteiger partial charge in [0.1, 0.15) is 0 Å². The van der Waals surface area contributed by atoms with E-state index in [-0.39, 0.29) is 5.92 Å². The van der Waals surface area contributed by atoms with Crippen LogP contribution < -0.4 is 0 Å². The minimum absolute atomic E-state index is 0.127. The molecule has 5 rings (SSSR count). The zero-order valence-corrected chi connectivity index (χ0v) is 19.9. The fourth-order valence-corrected chi connectivity index (χ4v) is 5.01. The van der Waals surface area contributed by atoms with E-state index >= 15 is 0 Å². The molecule has 178 valence electrons. The Bertz CT molecular complexity index is 1080. The van der Waals surface area contributed by atoms with Gasteiger partial charge < -0.3 is 9.42 Å². The highest BCUT2D eigenvalue weighted by molar-refractivity contribution is 5.79. The predicted molar refractivity (Wildman–Crippen MR) is 131 cm³/mol. The number of nitrogens with zero attached hydrogens (tertiary/aromatic N) is 5. The number of rotatable bonds is 6. The number of amides is 1. The van der Waals surface area contributed by atoms with Gasteiger partial charge in [-0.05, 0) is 44.0 Å². The van der Waals surface area contributed by atoms with Gasteiger partial charge in [-0.1, -0.05) is 59.8 Å². The van der Waals surface area contributed by atoms with Gasteiger partial charge in [-0.15, -0.1) is 0 Å². The molecule has 2 aromatic carbocycles. The van der Waals surface area contributed by atoms with Gasteiger partial charge in [0.15, 0.2) is 0 Å². The number of aromatic nitrogens is 2. The van der Waals surface area contributed by atoms with E-state index in [1.807, 2.05) is 18.2 Å². The molecule has 0 bridgehead atoms. The number of likely N-dealkylation sites (tertiary alicyclic amines) is 1. The lowest BCUT2D eigenvalue weighted by atomic mass is 9.95. The molecule has 1 aromatic heterocycles. The molecule has 0 atom stereocenters. The number of hydrogen-bond donors (Lipinski definition) is 0. The molecule has 2 fully saturated rings. The second-order valence-electron chi connectivity index (χ2n) is 9.46. The predicted octanol–water partition coefficient (Wildman–Crippen LogP) is 3.60. The largest absolute Gasteiger partial charge is 0.340 e. The van der Waals surface area contributed by atoms with Crippen LogP contribution >= 0.6 is 0 Å². The summed E-state index contributed by atoms with van der Waals surface area (Å²) in [5.41, 5.74) is 3.47. The lowest BCUT2D eigenvalue weighted by molar-refractivity contribution is -0.139. The van der Waals surface area contributed by atoms with Crippen molar-refractivity contribution in [3.63, 3.8) is 0 Å². The maximum Gasteiger partial charge on any atom is 0.241 e. The monoisotopic (exact) mass is 459 g/mol. The van der Waals surface area contributed by atoms with E-state index in [1.54, 1.807) is 0 Å². The van der Waals surface area contributed by atoms with Crippen molar-refractivity contribution in [2.24, 2.45) is 5.92 Å². The number of piperidine rings is 1. The third-order valence-corrected chi connectivity index (χ3v) is 7.08. The summed E-state index contributed by atoms with van der Waals surface area (Å²) in [4.78, 5) is 24.6. The Morgan fingerprint density at radius 3 is 2.29 bits per heavy atom. The molecule has 3 aromatic rings. The van der Waals surface area contributed by atoms with Crippen LogP contribution in [0.5, 0.6) is 0 Å². The highest BCUT2D eigenvalue weighted by Gasteiger charge is 2.31. The lowest BCUT2D eigenvalue weighted by Crippen LogP contribution is -2.51. The van der Waals surface area contributed by atoms with E-state index in [0.717, 1.165) is 69.8 Å². The Kier molecular flexibility index (Phi) is 7.02. The summed E-state index contributed by atoms with van der Waals surface area (Å²) in [5.74, 6) is 1.74. The van der Waals surface area contributed by atoms with Crippen LogP contribution in [0.25, 0.3) is 11.4 Å². The summed E-state index contributed by atoms with van der Waals surface area (Å²) in [7, 11) is 0. The van der Waals surface area contributed by atoms with Crippen molar-refractivity contribution in [2.75, 3.05) is 39.3 Å². The Hall–Kier alpha value is -3.03. The van der Waals surface area contributed by atoms with Gasteiger partial charge in [0, 0.05) is 44.2 Å². The number of piperazine rings is 1. The van der Waals surface area contributed by atoms with E-state index in [9.17, 15) is 4.79 Å². The lowest BCUT2D eigenvalue weighted by Gasteiger charge is -2.38. The van der Waals surface area contributed by atoms with Crippen molar-refractivity contribution in [2.45, 2.75) is 32.9 Å².